The molecule has 0 aliphatic rings. The number of nitrogens with zero attached hydrogens (tertiary/aromatic N) is 4. The third-order valence-corrected chi connectivity index (χ3v) is 16.5. The predicted octanol–water partition coefficient (Wildman–Crippen LogP) is 17.6. The number of benzene rings is 10. The van der Waals surface area contributed by atoms with Crippen LogP contribution in [0.15, 0.2) is 252 Å². The minimum Gasteiger partial charge on any atom is -0.494 e. The SMILES string of the molecule is C=CC(=O)OCCCCCCOc1ccc(Cc2ccc(/C=N/N=C/c3ccc(Cc4ccc5ccccc5c4-c4c(Cc5ccc(/C=N/N=C/c6ccc(Cc7ccc(OCCCCOC(=O)C=C)cc7)c(C(=O)OC)c6)cc5)ccc5ccccc45)cc3)cc2C)cc1. The van der Waals surface area contributed by atoms with E-state index >= 15 is 0 Å². The van der Waals surface area contributed by atoms with E-state index in [-0.39, 0.29) is 5.97 Å². The van der Waals surface area contributed by atoms with Gasteiger partial charge in [0.25, 0.3) is 0 Å². The number of unbranched alkanes of at least 4 members (excludes halogenated alkanes) is 4. The largest absolute Gasteiger partial charge is 0.494 e. The van der Waals surface area contributed by atoms with Gasteiger partial charge in [-0.25, -0.2) is 14.4 Å². The molecule has 0 heterocycles. The van der Waals surface area contributed by atoms with Crippen molar-refractivity contribution < 1.29 is 38.1 Å². The third kappa shape index (κ3) is 19.5. The Labute approximate surface area is 556 Å². The van der Waals surface area contributed by atoms with Crippen molar-refractivity contribution in [1.82, 2.24) is 0 Å². The normalized spacial score (nSPS) is 11.5. The summed E-state index contributed by atoms with van der Waals surface area (Å²) in [6.45, 7) is 10.9. The molecule has 12 nitrogen and oxygen atoms in total. The molecule has 95 heavy (non-hydrogen) atoms. The molecule has 0 saturated carbocycles. The Kier molecular flexibility index (Phi) is 24.3. The zero-order valence-corrected chi connectivity index (χ0v) is 54.0. The number of rotatable bonds is 32. The van der Waals surface area contributed by atoms with E-state index in [0.29, 0.717) is 56.8 Å². The van der Waals surface area contributed by atoms with Crippen LogP contribution in [0.5, 0.6) is 11.5 Å². The standard InChI is InChI=1S/C83H78N4O8/c1-5-79(88)94-47-14-8-7-13-45-92-74-41-31-62(32-42-74)50-70-35-29-66(49-59(70)3)57-86-84-55-64-25-21-60(22-26-64)52-72-39-37-68-17-9-11-19-76(68)81(72)82-73(40-38-69-18-10-12-20-77(69)82)53-61-23-27-65(28-24-61)56-85-87-58-67-30-36-71(78(54-67)83(90)91-4)51-63-33-43-75(44-34-63)93-46-15-16-48-95-80(89)6-2/h5-6,9-12,17-44,49,54-58H,1-2,7-8,13-16,45-48,50-53H2,3-4H3/b84-55+,85-56+,86-57+,87-58+. The second-order valence-electron chi connectivity index (χ2n) is 23.3. The number of hydrogen-bond acceptors (Lipinski definition) is 12. The second kappa shape index (κ2) is 34.5. The van der Waals surface area contributed by atoms with E-state index in [2.05, 4.69) is 192 Å². The molecule has 0 atom stereocenters. The van der Waals surface area contributed by atoms with Crippen molar-refractivity contribution in [2.75, 3.05) is 33.5 Å². The van der Waals surface area contributed by atoms with Crippen LogP contribution in [0.3, 0.4) is 0 Å². The topological polar surface area (TPSA) is 147 Å². The fourth-order valence-electron chi connectivity index (χ4n) is 11.4. The lowest BCUT2D eigenvalue weighted by Crippen LogP contribution is -2.07. The molecule has 0 radical (unpaired) electrons. The molecular weight excluding hydrogens is 1180 g/mol. The van der Waals surface area contributed by atoms with E-state index in [1.54, 1.807) is 30.9 Å². The third-order valence-electron chi connectivity index (χ3n) is 16.5. The summed E-state index contributed by atoms with van der Waals surface area (Å²) in [5, 5.41) is 22.4. The molecule has 10 aromatic rings. The number of carbonyl (C=O) groups excluding carboxylic acids is 3. The lowest BCUT2D eigenvalue weighted by atomic mass is 9.84. The maximum absolute atomic E-state index is 13.0. The van der Waals surface area contributed by atoms with Gasteiger partial charge in [-0.05, 0) is 206 Å². The van der Waals surface area contributed by atoms with Gasteiger partial charge in [-0.1, -0.05) is 189 Å². The van der Waals surface area contributed by atoms with Crippen LogP contribution in [0.25, 0.3) is 32.7 Å². The first-order valence-electron chi connectivity index (χ1n) is 32.2. The quantitative estimate of drug-likeness (QED) is 0.0101. The highest BCUT2D eigenvalue weighted by Crippen LogP contribution is 2.41. The molecule has 0 fully saturated rings. The van der Waals surface area contributed by atoms with Gasteiger partial charge in [-0.2, -0.15) is 20.4 Å². The number of ether oxygens (including phenoxy) is 5. The number of aryl methyl sites for hydroxylation is 1. The fraction of sp³-hybridized carbons (Fsp3) is 0.193. The minimum atomic E-state index is -0.431. The number of fused-ring (bicyclic) bond motifs is 2. The zero-order valence-electron chi connectivity index (χ0n) is 54.0. The number of carbonyl (C=O) groups is 3. The van der Waals surface area contributed by atoms with E-state index in [1.165, 1.54) is 84.8 Å². The van der Waals surface area contributed by atoms with Crippen molar-refractivity contribution in [2.45, 2.75) is 71.1 Å². The molecule has 0 saturated heterocycles. The Bertz CT molecular complexity index is 4400. The van der Waals surface area contributed by atoms with Crippen molar-refractivity contribution in [3.8, 4) is 22.6 Å². The number of methoxy groups -OCH3 is 1. The highest BCUT2D eigenvalue weighted by molar-refractivity contribution is 6.08. The summed E-state index contributed by atoms with van der Waals surface area (Å²) in [6, 6.07) is 71.5. The molecule has 10 aromatic carbocycles. The first kappa shape index (κ1) is 66.8. The Balaban J connectivity index is 0.752. The van der Waals surface area contributed by atoms with Gasteiger partial charge in [0.1, 0.15) is 11.5 Å². The van der Waals surface area contributed by atoms with Crippen LogP contribution in [0.4, 0.5) is 0 Å². The highest BCUT2D eigenvalue weighted by Gasteiger charge is 2.19. The summed E-state index contributed by atoms with van der Waals surface area (Å²) in [5.74, 6) is 0.369. The lowest BCUT2D eigenvalue weighted by molar-refractivity contribution is -0.138. The lowest BCUT2D eigenvalue weighted by Gasteiger charge is -2.20. The van der Waals surface area contributed by atoms with Gasteiger partial charge < -0.3 is 23.7 Å². The van der Waals surface area contributed by atoms with E-state index in [4.69, 9.17) is 23.7 Å². The van der Waals surface area contributed by atoms with Gasteiger partial charge in [0.2, 0.25) is 0 Å². The van der Waals surface area contributed by atoms with E-state index in [0.717, 1.165) is 90.3 Å². The van der Waals surface area contributed by atoms with Crippen molar-refractivity contribution in [2.24, 2.45) is 20.4 Å². The van der Waals surface area contributed by atoms with Gasteiger partial charge in [0, 0.05) is 12.2 Å². The molecule has 12 heteroatoms. The molecule has 0 spiro atoms. The molecular formula is C83H78N4O8. The van der Waals surface area contributed by atoms with E-state index < -0.39 is 11.9 Å². The molecule has 0 aliphatic heterocycles. The smallest absolute Gasteiger partial charge is 0.338 e. The van der Waals surface area contributed by atoms with Crippen molar-refractivity contribution in [3.63, 3.8) is 0 Å². The van der Waals surface area contributed by atoms with Crippen LogP contribution in [-0.4, -0.2) is 76.3 Å². The molecule has 0 aliphatic carbocycles. The Hall–Kier alpha value is -11.1. The van der Waals surface area contributed by atoms with Crippen LogP contribution in [0.2, 0.25) is 0 Å². The summed E-state index contributed by atoms with van der Waals surface area (Å²) < 4.78 is 27.1. The van der Waals surface area contributed by atoms with Gasteiger partial charge in [0.15, 0.2) is 0 Å². The van der Waals surface area contributed by atoms with Gasteiger partial charge in [-0.15, -0.1) is 0 Å². The average molecular weight is 1260 g/mol. The Morgan fingerprint density at radius 3 is 1.22 bits per heavy atom. The zero-order chi connectivity index (χ0) is 66.0. The van der Waals surface area contributed by atoms with Crippen molar-refractivity contribution in [3.05, 3.63) is 309 Å². The average Bonchev–Trinajstić information content (AvgIpc) is 0.756. The maximum atomic E-state index is 13.0. The molecule has 0 aromatic heterocycles. The van der Waals surface area contributed by atoms with Crippen LogP contribution >= 0.6 is 0 Å². The summed E-state index contributed by atoms with van der Waals surface area (Å²) in [7, 11) is 1.38. The Morgan fingerprint density at radius 1 is 0.389 bits per heavy atom. The fourth-order valence-corrected chi connectivity index (χ4v) is 11.4. The Morgan fingerprint density at radius 2 is 0.758 bits per heavy atom. The molecule has 478 valence electrons. The first-order chi connectivity index (χ1) is 46.6. The predicted molar refractivity (Wildman–Crippen MR) is 384 cm³/mol. The molecule has 0 N–H and O–H groups in total. The number of esters is 3. The van der Waals surface area contributed by atoms with Crippen molar-refractivity contribution in [1.29, 1.82) is 0 Å². The summed E-state index contributed by atoms with van der Waals surface area (Å²) >= 11 is 0. The molecule has 0 bridgehead atoms. The van der Waals surface area contributed by atoms with Crippen LogP contribution < -0.4 is 9.47 Å². The monoisotopic (exact) mass is 1260 g/mol. The minimum absolute atomic E-state index is 0.327. The first-order valence-corrected chi connectivity index (χ1v) is 32.2. The van der Waals surface area contributed by atoms with E-state index in [1.807, 2.05) is 48.5 Å². The summed E-state index contributed by atoms with van der Waals surface area (Å²) in [5.41, 5.74) is 16.8. The summed E-state index contributed by atoms with van der Waals surface area (Å²) in [4.78, 5) is 35.4. The van der Waals surface area contributed by atoms with E-state index in [9.17, 15) is 14.4 Å². The molecule has 0 amide bonds. The van der Waals surface area contributed by atoms with Crippen molar-refractivity contribution >= 4 is 64.3 Å². The van der Waals surface area contributed by atoms with Gasteiger partial charge in [-0.3, -0.25) is 0 Å². The van der Waals surface area contributed by atoms with Gasteiger partial charge in [0.05, 0.1) is 64.0 Å². The number of hydrogen-bond donors (Lipinski definition) is 0. The maximum Gasteiger partial charge on any atom is 0.338 e. The van der Waals surface area contributed by atoms with Crippen LogP contribution in [0.1, 0.15) is 121 Å². The van der Waals surface area contributed by atoms with Gasteiger partial charge >= 0.3 is 17.9 Å². The molecule has 0 unspecified atom stereocenters. The van der Waals surface area contributed by atoms with Crippen LogP contribution in [0, 0.1) is 6.92 Å². The highest BCUT2D eigenvalue weighted by atomic mass is 16.5. The van der Waals surface area contributed by atoms with Crippen LogP contribution in [-0.2, 0) is 49.5 Å². The summed E-state index contributed by atoms with van der Waals surface area (Å²) in [6.07, 6.45) is 17.3. The second-order valence-corrected chi connectivity index (χ2v) is 23.3. The molecule has 10 rings (SSSR count).